The van der Waals surface area contributed by atoms with Gasteiger partial charge < -0.3 is 10.5 Å². The lowest BCUT2D eigenvalue weighted by Crippen LogP contribution is -2.17. The summed E-state index contributed by atoms with van der Waals surface area (Å²) in [5, 5.41) is 0.834. The van der Waals surface area contributed by atoms with Gasteiger partial charge >= 0.3 is 0 Å². The van der Waals surface area contributed by atoms with Crippen LogP contribution in [0.25, 0.3) is 0 Å². The summed E-state index contributed by atoms with van der Waals surface area (Å²) in [6, 6.07) is 8.50. The minimum atomic E-state index is 0.129. The van der Waals surface area contributed by atoms with Gasteiger partial charge in [-0.3, -0.25) is 0 Å². The minimum absolute atomic E-state index is 0.129. The van der Waals surface area contributed by atoms with Crippen LogP contribution < -0.4 is 10.5 Å². The van der Waals surface area contributed by atoms with Gasteiger partial charge in [-0.05, 0) is 43.4 Å². The SMILES string of the molecule is NC(CSC1CCCCC1)c1cccc(OC2CC2)c1. The fourth-order valence-corrected chi connectivity index (χ4v) is 4.10. The van der Waals surface area contributed by atoms with Gasteiger partial charge in [0, 0.05) is 17.0 Å². The van der Waals surface area contributed by atoms with Crippen molar-refractivity contribution < 1.29 is 4.74 Å². The molecule has 1 aromatic carbocycles. The molecule has 0 bridgehead atoms. The summed E-state index contributed by atoms with van der Waals surface area (Å²) in [7, 11) is 0. The van der Waals surface area contributed by atoms with Crippen molar-refractivity contribution in [2.75, 3.05) is 5.75 Å². The number of rotatable bonds is 6. The van der Waals surface area contributed by atoms with Crippen molar-refractivity contribution in [1.82, 2.24) is 0 Å². The maximum atomic E-state index is 6.35. The van der Waals surface area contributed by atoms with Crippen molar-refractivity contribution >= 4 is 11.8 Å². The highest BCUT2D eigenvalue weighted by Gasteiger charge is 2.23. The average Bonchev–Trinajstić information content (AvgIpc) is 3.30. The molecule has 0 heterocycles. The summed E-state index contributed by atoms with van der Waals surface area (Å²) in [5.41, 5.74) is 7.57. The van der Waals surface area contributed by atoms with E-state index in [1.54, 1.807) is 0 Å². The molecule has 20 heavy (non-hydrogen) atoms. The van der Waals surface area contributed by atoms with Crippen LogP contribution in [0.2, 0.25) is 0 Å². The van der Waals surface area contributed by atoms with Crippen molar-refractivity contribution in [2.24, 2.45) is 5.73 Å². The molecular formula is C17H25NOS. The Morgan fingerprint density at radius 1 is 1.15 bits per heavy atom. The number of thioether (sulfide) groups is 1. The van der Waals surface area contributed by atoms with E-state index in [1.165, 1.54) is 50.5 Å². The molecule has 0 aromatic heterocycles. The molecule has 2 aliphatic carbocycles. The number of ether oxygens (including phenoxy) is 1. The lowest BCUT2D eigenvalue weighted by molar-refractivity contribution is 0.303. The van der Waals surface area contributed by atoms with Crippen LogP contribution in [0.4, 0.5) is 0 Å². The summed E-state index contributed by atoms with van der Waals surface area (Å²) in [6.07, 6.45) is 9.84. The molecule has 0 spiro atoms. The molecule has 2 nitrogen and oxygen atoms in total. The molecule has 2 N–H and O–H groups in total. The van der Waals surface area contributed by atoms with Gasteiger partial charge in [0.05, 0.1) is 6.10 Å². The summed E-state index contributed by atoms with van der Waals surface area (Å²) in [5.74, 6) is 2.01. The topological polar surface area (TPSA) is 35.2 Å². The fourth-order valence-electron chi connectivity index (χ4n) is 2.76. The first-order valence-corrected chi connectivity index (χ1v) is 9.00. The zero-order chi connectivity index (χ0) is 13.8. The lowest BCUT2D eigenvalue weighted by Gasteiger charge is -2.22. The normalized spacial score (nSPS) is 21.6. The molecule has 3 heteroatoms. The second kappa shape index (κ2) is 6.86. The third kappa shape index (κ3) is 4.16. The van der Waals surface area contributed by atoms with E-state index in [-0.39, 0.29) is 6.04 Å². The van der Waals surface area contributed by atoms with Crippen molar-refractivity contribution in [1.29, 1.82) is 0 Å². The second-order valence-corrected chi connectivity index (χ2v) is 7.42. The van der Waals surface area contributed by atoms with Crippen molar-refractivity contribution in [2.45, 2.75) is 62.3 Å². The van der Waals surface area contributed by atoms with Crippen LogP contribution >= 0.6 is 11.8 Å². The first-order valence-electron chi connectivity index (χ1n) is 7.95. The molecule has 0 amide bonds. The molecule has 0 aliphatic heterocycles. The number of hydrogen-bond acceptors (Lipinski definition) is 3. The smallest absolute Gasteiger partial charge is 0.120 e. The van der Waals surface area contributed by atoms with Crippen LogP contribution in [-0.2, 0) is 0 Å². The molecule has 1 aromatic rings. The third-order valence-corrected chi connectivity index (χ3v) is 5.67. The molecule has 1 atom stereocenters. The Morgan fingerprint density at radius 3 is 2.70 bits per heavy atom. The van der Waals surface area contributed by atoms with Crippen LogP contribution in [-0.4, -0.2) is 17.1 Å². The highest BCUT2D eigenvalue weighted by Crippen LogP contribution is 2.32. The van der Waals surface area contributed by atoms with Crippen molar-refractivity contribution in [3.05, 3.63) is 29.8 Å². The van der Waals surface area contributed by atoms with Crippen molar-refractivity contribution in [3.63, 3.8) is 0 Å². The minimum Gasteiger partial charge on any atom is -0.490 e. The molecule has 2 fully saturated rings. The first kappa shape index (κ1) is 14.3. The van der Waals surface area contributed by atoms with E-state index in [1.807, 2.05) is 6.07 Å². The third-order valence-electron chi connectivity index (χ3n) is 4.18. The Balaban J connectivity index is 1.51. The van der Waals surface area contributed by atoms with Gasteiger partial charge in [0.1, 0.15) is 5.75 Å². The molecule has 0 saturated heterocycles. The standard InChI is InChI=1S/C17H25NOS/c18-17(12-20-16-7-2-1-3-8-16)13-5-4-6-15(11-13)19-14-9-10-14/h4-6,11,14,16-17H,1-3,7-10,12,18H2. The largest absolute Gasteiger partial charge is 0.490 e. The molecule has 2 saturated carbocycles. The Labute approximate surface area is 126 Å². The summed E-state index contributed by atoms with van der Waals surface area (Å²) >= 11 is 2.07. The van der Waals surface area contributed by atoms with E-state index in [4.69, 9.17) is 10.5 Å². The monoisotopic (exact) mass is 291 g/mol. The van der Waals surface area contributed by atoms with E-state index in [0.29, 0.717) is 6.10 Å². The van der Waals surface area contributed by atoms with Gasteiger partial charge in [-0.15, -0.1) is 0 Å². The van der Waals surface area contributed by atoms with E-state index in [9.17, 15) is 0 Å². The van der Waals surface area contributed by atoms with Gasteiger partial charge in [-0.2, -0.15) is 11.8 Å². The maximum Gasteiger partial charge on any atom is 0.120 e. The Bertz CT molecular complexity index is 427. The van der Waals surface area contributed by atoms with E-state index >= 15 is 0 Å². The van der Waals surface area contributed by atoms with E-state index < -0.39 is 0 Å². The summed E-state index contributed by atoms with van der Waals surface area (Å²) in [6.45, 7) is 0. The number of hydrogen-bond donors (Lipinski definition) is 1. The van der Waals surface area contributed by atoms with Crippen LogP contribution in [0, 0.1) is 0 Å². The van der Waals surface area contributed by atoms with Gasteiger partial charge in [0.2, 0.25) is 0 Å². The van der Waals surface area contributed by atoms with E-state index in [2.05, 4.69) is 30.0 Å². The zero-order valence-electron chi connectivity index (χ0n) is 12.1. The van der Waals surface area contributed by atoms with Gasteiger partial charge in [0.25, 0.3) is 0 Å². The average molecular weight is 291 g/mol. The Morgan fingerprint density at radius 2 is 1.95 bits per heavy atom. The van der Waals surface area contributed by atoms with E-state index in [0.717, 1.165) is 16.8 Å². The lowest BCUT2D eigenvalue weighted by atomic mass is 10.0. The number of benzene rings is 1. The van der Waals surface area contributed by atoms with Crippen LogP contribution in [0.1, 0.15) is 56.6 Å². The van der Waals surface area contributed by atoms with Crippen LogP contribution in [0.3, 0.4) is 0 Å². The van der Waals surface area contributed by atoms with Gasteiger partial charge in [-0.1, -0.05) is 31.4 Å². The molecule has 0 radical (unpaired) electrons. The maximum absolute atomic E-state index is 6.35. The fraction of sp³-hybridized carbons (Fsp3) is 0.647. The quantitative estimate of drug-likeness (QED) is 0.849. The molecule has 110 valence electrons. The Hall–Kier alpha value is -0.670. The van der Waals surface area contributed by atoms with Crippen LogP contribution in [0.5, 0.6) is 5.75 Å². The summed E-state index contributed by atoms with van der Waals surface area (Å²) < 4.78 is 5.85. The highest BCUT2D eigenvalue weighted by atomic mass is 32.2. The van der Waals surface area contributed by atoms with Gasteiger partial charge in [0.15, 0.2) is 0 Å². The Kier molecular flexibility index (Phi) is 4.90. The van der Waals surface area contributed by atoms with Gasteiger partial charge in [-0.25, -0.2) is 0 Å². The highest BCUT2D eigenvalue weighted by molar-refractivity contribution is 7.99. The molecule has 3 rings (SSSR count). The molecular weight excluding hydrogens is 266 g/mol. The molecule has 1 unspecified atom stereocenters. The number of nitrogens with two attached hydrogens (primary N) is 1. The predicted molar refractivity (Wildman–Crippen MR) is 86.4 cm³/mol. The van der Waals surface area contributed by atoms with Crippen molar-refractivity contribution in [3.8, 4) is 5.75 Å². The zero-order valence-corrected chi connectivity index (χ0v) is 12.9. The predicted octanol–water partition coefficient (Wildman–Crippen LogP) is 4.29. The molecule has 2 aliphatic rings. The van der Waals surface area contributed by atoms with Crippen LogP contribution in [0.15, 0.2) is 24.3 Å². The second-order valence-electron chi connectivity index (χ2n) is 6.09. The summed E-state index contributed by atoms with van der Waals surface area (Å²) in [4.78, 5) is 0. The first-order chi connectivity index (χ1) is 9.81.